The van der Waals surface area contributed by atoms with Crippen LogP contribution in [0.4, 0.5) is 0 Å². The van der Waals surface area contributed by atoms with Crippen molar-refractivity contribution in [3.63, 3.8) is 0 Å². The van der Waals surface area contributed by atoms with Crippen LogP contribution in [0.3, 0.4) is 0 Å². The lowest BCUT2D eigenvalue weighted by molar-refractivity contribution is 0.150. The Morgan fingerprint density at radius 2 is 1.61 bits per heavy atom. The van der Waals surface area contributed by atoms with E-state index < -0.39 is 0 Å². The second kappa shape index (κ2) is 8.43. The van der Waals surface area contributed by atoms with Gasteiger partial charge in [-0.15, -0.1) is 0 Å². The van der Waals surface area contributed by atoms with E-state index in [1.54, 1.807) is 0 Å². The molecule has 0 aliphatic carbocycles. The van der Waals surface area contributed by atoms with E-state index in [0.29, 0.717) is 12.3 Å². The number of nitrogens with zero attached hydrogens (tertiary/aromatic N) is 3. The summed E-state index contributed by atoms with van der Waals surface area (Å²) in [6.45, 7) is 7.16. The maximum absolute atomic E-state index is 13.7. The first-order chi connectivity index (χ1) is 15.1. The monoisotopic (exact) mass is 413 g/mol. The molecular weight excluding hydrogens is 382 g/mol. The minimum Gasteiger partial charge on any atom is -0.296 e. The molecule has 0 saturated heterocycles. The normalized spacial score (nSPS) is 16.9. The Morgan fingerprint density at radius 3 is 2.29 bits per heavy atom. The van der Waals surface area contributed by atoms with Gasteiger partial charge in [0.25, 0.3) is 5.56 Å². The van der Waals surface area contributed by atoms with Crippen LogP contribution in [-0.2, 0) is 32.5 Å². The van der Waals surface area contributed by atoms with E-state index in [4.69, 9.17) is 4.98 Å². The first kappa shape index (κ1) is 20.2. The molecule has 4 nitrogen and oxygen atoms in total. The molecular formula is C27H31N3O. The first-order valence-electron chi connectivity index (χ1n) is 11.6. The van der Waals surface area contributed by atoms with Gasteiger partial charge in [-0.25, -0.2) is 4.98 Å². The predicted octanol–water partition coefficient (Wildman–Crippen LogP) is 4.88. The Balaban J connectivity index is 1.62. The van der Waals surface area contributed by atoms with Crippen molar-refractivity contribution in [1.82, 2.24) is 14.5 Å². The zero-order valence-electron chi connectivity index (χ0n) is 18.6. The summed E-state index contributed by atoms with van der Waals surface area (Å²) in [5.74, 6) is 1.34. The Bertz CT molecular complexity index is 1110. The highest BCUT2D eigenvalue weighted by atomic mass is 16.1. The van der Waals surface area contributed by atoms with Crippen LogP contribution < -0.4 is 5.56 Å². The average Bonchev–Trinajstić information content (AvgIpc) is 3.20. The molecule has 0 radical (unpaired) electrons. The highest BCUT2D eigenvalue weighted by Crippen LogP contribution is 2.36. The molecule has 5 rings (SSSR count). The summed E-state index contributed by atoms with van der Waals surface area (Å²) in [6.07, 6.45) is 3.73. The van der Waals surface area contributed by atoms with Gasteiger partial charge in [0, 0.05) is 38.0 Å². The van der Waals surface area contributed by atoms with E-state index in [1.807, 2.05) is 10.6 Å². The van der Waals surface area contributed by atoms with Crippen molar-refractivity contribution >= 4 is 0 Å². The van der Waals surface area contributed by atoms with Crippen LogP contribution in [0.15, 0.2) is 59.4 Å². The number of hydrogen-bond donors (Lipinski definition) is 0. The van der Waals surface area contributed by atoms with Gasteiger partial charge in [-0.05, 0) is 35.4 Å². The summed E-state index contributed by atoms with van der Waals surface area (Å²) in [7, 11) is 0. The van der Waals surface area contributed by atoms with Gasteiger partial charge >= 0.3 is 0 Å². The Morgan fingerprint density at radius 1 is 0.935 bits per heavy atom. The van der Waals surface area contributed by atoms with Crippen LogP contribution in [-0.4, -0.2) is 14.5 Å². The largest absolute Gasteiger partial charge is 0.296 e. The Hall–Kier alpha value is -2.72. The van der Waals surface area contributed by atoms with Crippen LogP contribution in [0.2, 0.25) is 0 Å². The number of benzene rings is 2. The van der Waals surface area contributed by atoms with Gasteiger partial charge in [0.05, 0.1) is 11.7 Å². The second-order valence-corrected chi connectivity index (χ2v) is 9.33. The van der Waals surface area contributed by atoms with Crippen molar-refractivity contribution in [2.45, 2.75) is 65.2 Å². The number of aryl methyl sites for hydroxylation is 1. The van der Waals surface area contributed by atoms with E-state index in [2.05, 4.69) is 67.3 Å². The zero-order chi connectivity index (χ0) is 21.4. The molecule has 160 valence electrons. The third-order valence-electron chi connectivity index (χ3n) is 6.80. The molecule has 1 aromatic heterocycles. The van der Waals surface area contributed by atoms with Crippen molar-refractivity contribution in [3.05, 3.63) is 98.7 Å². The summed E-state index contributed by atoms with van der Waals surface area (Å²) in [5, 5.41) is 0. The van der Waals surface area contributed by atoms with Crippen molar-refractivity contribution in [2.75, 3.05) is 0 Å². The molecule has 0 saturated carbocycles. The predicted molar refractivity (Wildman–Crippen MR) is 124 cm³/mol. The summed E-state index contributed by atoms with van der Waals surface area (Å²) in [5.41, 5.74) is 6.02. The van der Waals surface area contributed by atoms with Crippen LogP contribution in [0.1, 0.15) is 66.5 Å². The number of aromatic nitrogens is 2. The lowest BCUT2D eigenvalue weighted by Crippen LogP contribution is -2.37. The van der Waals surface area contributed by atoms with Crippen molar-refractivity contribution in [2.24, 2.45) is 5.92 Å². The quantitative estimate of drug-likeness (QED) is 0.598. The smallest absolute Gasteiger partial charge is 0.257 e. The van der Waals surface area contributed by atoms with Crippen molar-refractivity contribution < 1.29 is 0 Å². The lowest BCUT2D eigenvalue weighted by atomic mass is 9.92. The number of rotatable bonds is 5. The van der Waals surface area contributed by atoms with Crippen LogP contribution >= 0.6 is 0 Å². The molecule has 4 heteroatoms. The molecule has 0 amide bonds. The fraction of sp³-hybridized carbons (Fsp3) is 0.407. The highest BCUT2D eigenvalue weighted by Gasteiger charge is 2.33. The minimum atomic E-state index is 0.131. The van der Waals surface area contributed by atoms with Gasteiger partial charge in [-0.2, -0.15) is 0 Å². The second-order valence-electron chi connectivity index (χ2n) is 9.33. The van der Waals surface area contributed by atoms with E-state index in [-0.39, 0.29) is 11.6 Å². The summed E-state index contributed by atoms with van der Waals surface area (Å²) in [6, 6.07) is 19.2. The first-order valence-corrected chi connectivity index (χ1v) is 11.6. The Labute approximate surface area is 184 Å². The molecule has 0 N–H and O–H groups in total. The fourth-order valence-corrected chi connectivity index (χ4v) is 5.31. The highest BCUT2D eigenvalue weighted by molar-refractivity contribution is 5.34. The number of fused-ring (bicyclic) bond motifs is 2. The van der Waals surface area contributed by atoms with E-state index in [0.717, 1.165) is 56.0 Å². The standard InChI is InChI=1S/C27H31N3O/c1-19(2)26(29-17-21-12-6-7-13-22(21)18-29)25-23(16-20-10-4-3-5-11-20)27(31)30-15-9-8-14-24(30)28-25/h3-7,10-13,19,26H,8-9,14-18H2,1-2H3. The SMILES string of the molecule is CC(C)C(c1nc2n(c(=O)c1Cc1ccccc1)CCCC2)N1Cc2ccccc2C1. The van der Waals surface area contributed by atoms with E-state index >= 15 is 0 Å². The van der Waals surface area contributed by atoms with Crippen LogP contribution in [0.25, 0.3) is 0 Å². The molecule has 3 aromatic rings. The molecule has 31 heavy (non-hydrogen) atoms. The molecule has 2 aliphatic rings. The maximum Gasteiger partial charge on any atom is 0.257 e. The summed E-state index contributed by atoms with van der Waals surface area (Å²) in [4.78, 5) is 21.4. The van der Waals surface area contributed by atoms with E-state index in [9.17, 15) is 4.79 Å². The third-order valence-corrected chi connectivity index (χ3v) is 6.80. The lowest BCUT2D eigenvalue weighted by Gasteiger charge is -2.33. The molecule has 1 unspecified atom stereocenters. The fourth-order valence-electron chi connectivity index (χ4n) is 5.31. The molecule has 1 atom stereocenters. The molecule has 0 fully saturated rings. The van der Waals surface area contributed by atoms with Crippen molar-refractivity contribution in [3.8, 4) is 0 Å². The summed E-state index contributed by atoms with van der Waals surface area (Å²) < 4.78 is 1.95. The van der Waals surface area contributed by atoms with Gasteiger partial charge in [0.1, 0.15) is 5.82 Å². The summed E-state index contributed by atoms with van der Waals surface area (Å²) >= 11 is 0. The van der Waals surface area contributed by atoms with Crippen LogP contribution in [0, 0.1) is 5.92 Å². The van der Waals surface area contributed by atoms with Gasteiger partial charge in [0.2, 0.25) is 0 Å². The van der Waals surface area contributed by atoms with Gasteiger partial charge < -0.3 is 0 Å². The average molecular weight is 414 g/mol. The topological polar surface area (TPSA) is 38.1 Å². The van der Waals surface area contributed by atoms with E-state index in [1.165, 1.54) is 16.7 Å². The van der Waals surface area contributed by atoms with Crippen LogP contribution in [0.5, 0.6) is 0 Å². The van der Waals surface area contributed by atoms with Gasteiger partial charge in [0.15, 0.2) is 0 Å². The van der Waals surface area contributed by atoms with Gasteiger partial charge in [-0.3, -0.25) is 14.3 Å². The maximum atomic E-state index is 13.7. The Kier molecular flexibility index (Phi) is 5.49. The molecule has 2 aromatic carbocycles. The third kappa shape index (κ3) is 3.85. The van der Waals surface area contributed by atoms with Crippen molar-refractivity contribution in [1.29, 1.82) is 0 Å². The minimum absolute atomic E-state index is 0.131. The molecule has 2 aliphatic heterocycles. The van der Waals surface area contributed by atoms with Gasteiger partial charge in [-0.1, -0.05) is 68.4 Å². The zero-order valence-corrected chi connectivity index (χ0v) is 18.6. The molecule has 0 spiro atoms. The molecule has 3 heterocycles. The number of hydrogen-bond acceptors (Lipinski definition) is 3. The molecule has 0 bridgehead atoms.